The first-order valence-electron chi connectivity index (χ1n) is 15.8. The lowest BCUT2D eigenvalue weighted by Crippen LogP contribution is -2.23. The largest absolute Gasteiger partial charge is 0.416 e. The highest BCUT2D eigenvalue weighted by molar-refractivity contribution is 6.11. The van der Waals surface area contributed by atoms with Crippen molar-refractivity contribution < 1.29 is 31.1 Å². The molecule has 0 atom stereocenters. The summed E-state index contributed by atoms with van der Waals surface area (Å²) in [7, 11) is 1.64. The van der Waals surface area contributed by atoms with E-state index in [2.05, 4.69) is 20.4 Å². The second kappa shape index (κ2) is 11.9. The van der Waals surface area contributed by atoms with Crippen molar-refractivity contribution in [3.8, 4) is 28.6 Å². The molecule has 2 fully saturated rings. The van der Waals surface area contributed by atoms with Crippen LogP contribution in [0.4, 0.5) is 37.7 Å². The third kappa shape index (κ3) is 6.35. The number of alkyl halides is 6. The maximum atomic E-state index is 14.5. The van der Waals surface area contributed by atoms with Crippen LogP contribution in [-0.2, 0) is 32.5 Å². The average molecular weight is 680 g/mol. The van der Waals surface area contributed by atoms with Crippen LogP contribution in [0, 0.1) is 16.7 Å². The third-order valence-electron chi connectivity index (χ3n) is 9.69. The summed E-state index contributed by atoms with van der Waals surface area (Å²) in [6.45, 7) is 1.72. The second-order valence-electron chi connectivity index (χ2n) is 13.1. The number of rotatable bonds is 8. The number of amides is 1. The van der Waals surface area contributed by atoms with Crippen molar-refractivity contribution in [3.63, 3.8) is 0 Å². The maximum absolute atomic E-state index is 14.5. The number of fused-ring (bicyclic) bond motifs is 1. The van der Waals surface area contributed by atoms with Crippen LogP contribution in [-0.4, -0.2) is 45.2 Å². The highest BCUT2D eigenvalue weighted by Gasteiger charge is 2.48. The van der Waals surface area contributed by atoms with Gasteiger partial charge in [0, 0.05) is 49.2 Å². The molecule has 14 heteroatoms. The lowest BCUT2D eigenvalue weighted by Gasteiger charge is -2.21. The fourth-order valence-electron chi connectivity index (χ4n) is 7.00. The van der Waals surface area contributed by atoms with Crippen molar-refractivity contribution in [2.24, 2.45) is 12.5 Å². The van der Waals surface area contributed by atoms with Crippen LogP contribution in [0.25, 0.3) is 22.5 Å². The molecule has 1 aromatic heterocycles. The molecule has 7 rings (SSSR count). The lowest BCUT2D eigenvalue weighted by atomic mass is 9.95. The lowest BCUT2D eigenvalue weighted by molar-refractivity contribution is -0.138. The van der Waals surface area contributed by atoms with E-state index in [1.54, 1.807) is 29.8 Å². The summed E-state index contributed by atoms with van der Waals surface area (Å²) in [4.78, 5) is 17.3. The van der Waals surface area contributed by atoms with Crippen molar-refractivity contribution in [1.82, 2.24) is 19.7 Å². The van der Waals surface area contributed by atoms with Crippen LogP contribution in [0.2, 0.25) is 0 Å². The van der Waals surface area contributed by atoms with Gasteiger partial charge in [-0.25, -0.2) is 0 Å². The normalized spacial score (nSPS) is 17.1. The summed E-state index contributed by atoms with van der Waals surface area (Å²) in [5.41, 5.74) is -0.0476. The Kier molecular flexibility index (Phi) is 7.93. The number of nitrogens with zero attached hydrogens (tertiary/aromatic N) is 6. The van der Waals surface area contributed by atoms with E-state index in [0.717, 1.165) is 50.6 Å². The van der Waals surface area contributed by atoms with Crippen LogP contribution in [0.3, 0.4) is 0 Å². The van der Waals surface area contributed by atoms with Crippen molar-refractivity contribution in [1.29, 1.82) is 5.26 Å². The molecule has 1 N–H and O–H groups in total. The molecule has 1 spiro atoms. The van der Waals surface area contributed by atoms with Gasteiger partial charge < -0.3 is 14.8 Å². The number of halogens is 6. The molecule has 3 aliphatic rings. The molecule has 1 aliphatic carbocycles. The van der Waals surface area contributed by atoms with E-state index in [1.165, 1.54) is 23.4 Å². The molecule has 8 nitrogen and oxygen atoms in total. The minimum Gasteiger partial charge on any atom is -0.384 e. The Morgan fingerprint density at radius 2 is 1.76 bits per heavy atom. The van der Waals surface area contributed by atoms with E-state index in [-0.39, 0.29) is 58.7 Å². The van der Waals surface area contributed by atoms with Gasteiger partial charge in [0.1, 0.15) is 6.33 Å². The highest BCUT2D eigenvalue weighted by atomic mass is 19.4. The molecule has 0 unspecified atom stereocenters. The Morgan fingerprint density at radius 3 is 2.41 bits per heavy atom. The first kappa shape index (κ1) is 32.6. The van der Waals surface area contributed by atoms with Gasteiger partial charge >= 0.3 is 12.4 Å². The first-order chi connectivity index (χ1) is 23.2. The van der Waals surface area contributed by atoms with Gasteiger partial charge in [0.15, 0.2) is 5.82 Å². The van der Waals surface area contributed by atoms with E-state index < -0.39 is 29.4 Å². The van der Waals surface area contributed by atoms with Gasteiger partial charge in [-0.1, -0.05) is 0 Å². The van der Waals surface area contributed by atoms with Crippen molar-refractivity contribution in [3.05, 3.63) is 82.7 Å². The van der Waals surface area contributed by atoms with Crippen molar-refractivity contribution >= 4 is 17.3 Å². The van der Waals surface area contributed by atoms with Gasteiger partial charge in [-0.15, -0.1) is 10.2 Å². The summed E-state index contributed by atoms with van der Waals surface area (Å²) in [5, 5.41) is 20.1. The van der Waals surface area contributed by atoms with Gasteiger partial charge in [0.05, 0.1) is 30.2 Å². The van der Waals surface area contributed by atoms with E-state index in [1.807, 2.05) is 6.07 Å². The fraction of sp³-hybridized carbons (Fsp3) is 0.371. The van der Waals surface area contributed by atoms with E-state index >= 15 is 0 Å². The Bertz CT molecular complexity index is 1990. The number of anilines is 2. The van der Waals surface area contributed by atoms with Gasteiger partial charge in [0.25, 0.3) is 5.91 Å². The van der Waals surface area contributed by atoms with Crippen LogP contribution in [0.5, 0.6) is 0 Å². The number of hydrogen-bond acceptors (Lipinski definition) is 6. The molecule has 0 radical (unpaired) electrons. The predicted octanol–water partition coefficient (Wildman–Crippen LogP) is 7.66. The topological polar surface area (TPSA) is 90.1 Å². The Hall–Kier alpha value is -4.90. The van der Waals surface area contributed by atoms with Gasteiger partial charge in [-0.3, -0.25) is 9.69 Å². The Morgan fingerprint density at radius 1 is 0.959 bits per heavy atom. The van der Waals surface area contributed by atoms with Crippen LogP contribution in [0.15, 0.2) is 54.9 Å². The SMILES string of the molecule is Cn1cnnc1-c1ccc(C(F)(F)F)cc1-c1cc(NCCC#N)cc(N2Cc3c(cc(CN4CCC5(CC5)C4)cc3C(F)(F)F)C2=O)c1. The summed E-state index contributed by atoms with van der Waals surface area (Å²) in [5.74, 6) is -0.356. The number of nitrogens with one attached hydrogen (secondary N) is 1. The van der Waals surface area contributed by atoms with E-state index in [4.69, 9.17) is 5.26 Å². The molecule has 4 aromatic rings. The Labute approximate surface area is 278 Å². The smallest absolute Gasteiger partial charge is 0.384 e. The summed E-state index contributed by atoms with van der Waals surface area (Å²) in [6.07, 6.45) is -4.61. The monoisotopic (exact) mass is 679 g/mol. The molecule has 1 amide bonds. The number of aromatic nitrogens is 3. The number of aryl methyl sites for hydroxylation is 1. The standard InChI is InChI=1S/C35H31F6N7O/c1-46-20-44-45-31(46)26-4-3-23(34(36,37)38)15-27(26)22-13-24(43-9-2-8-42)16-25(14-22)48-18-29-28(32(48)49)11-21(12-30(29)35(39,40)41)17-47-10-7-33(19-47)5-6-33/h3-4,11-16,20,43H,2,5-7,9-10,17-19H2,1H3. The van der Waals surface area contributed by atoms with Gasteiger partial charge in [-0.05, 0) is 102 Å². The van der Waals surface area contributed by atoms with Gasteiger partial charge in [-0.2, -0.15) is 31.6 Å². The molecule has 1 saturated carbocycles. The number of likely N-dealkylation sites (tertiary alicyclic amines) is 1. The van der Waals surface area contributed by atoms with Crippen molar-refractivity contribution in [2.75, 3.05) is 29.9 Å². The van der Waals surface area contributed by atoms with E-state index in [9.17, 15) is 31.1 Å². The average Bonchev–Trinajstić information content (AvgIpc) is 3.31. The Balaban J connectivity index is 1.31. The molecule has 0 bridgehead atoms. The number of carbonyl (C=O) groups is 1. The summed E-state index contributed by atoms with van der Waals surface area (Å²) in [6, 6.07) is 12.5. The zero-order valence-electron chi connectivity index (χ0n) is 26.4. The molecule has 1 saturated heterocycles. The zero-order valence-corrected chi connectivity index (χ0v) is 26.4. The quantitative estimate of drug-likeness (QED) is 0.152. The van der Waals surface area contributed by atoms with Crippen LogP contribution in [0.1, 0.15) is 58.3 Å². The summed E-state index contributed by atoms with van der Waals surface area (Å²) >= 11 is 0. The molecule has 254 valence electrons. The third-order valence-corrected chi connectivity index (χ3v) is 9.69. The van der Waals surface area contributed by atoms with Crippen molar-refractivity contribution in [2.45, 2.75) is 51.1 Å². The van der Waals surface area contributed by atoms with Crippen LogP contribution < -0.4 is 10.2 Å². The minimum absolute atomic E-state index is 0.0478. The molecular weight excluding hydrogens is 648 g/mol. The second-order valence-corrected chi connectivity index (χ2v) is 13.1. The zero-order chi connectivity index (χ0) is 34.7. The fourth-order valence-corrected chi connectivity index (χ4v) is 7.00. The number of nitriles is 1. The molecule has 3 heterocycles. The summed E-state index contributed by atoms with van der Waals surface area (Å²) < 4.78 is 87.0. The molecule has 3 aromatic carbocycles. The predicted molar refractivity (Wildman–Crippen MR) is 169 cm³/mol. The highest BCUT2D eigenvalue weighted by Crippen LogP contribution is 2.53. The number of hydrogen-bond donors (Lipinski definition) is 1. The first-order valence-corrected chi connectivity index (χ1v) is 15.8. The number of carbonyl (C=O) groups excluding carboxylic acids is 1. The maximum Gasteiger partial charge on any atom is 0.416 e. The van der Waals surface area contributed by atoms with E-state index in [0.29, 0.717) is 23.4 Å². The van der Waals surface area contributed by atoms with Gasteiger partial charge in [0.2, 0.25) is 0 Å². The molecule has 2 aliphatic heterocycles. The minimum atomic E-state index is -4.71. The van der Waals surface area contributed by atoms with Crippen LogP contribution >= 0.6 is 0 Å². The molecular formula is C35H31F6N7O. The molecule has 49 heavy (non-hydrogen) atoms. The number of benzene rings is 3.